The number of benzene rings is 2. The summed E-state index contributed by atoms with van der Waals surface area (Å²) in [5.74, 6) is 2.82. The van der Waals surface area contributed by atoms with Gasteiger partial charge in [0.25, 0.3) is 0 Å². The van der Waals surface area contributed by atoms with E-state index in [4.69, 9.17) is 0 Å². The van der Waals surface area contributed by atoms with Gasteiger partial charge in [0.1, 0.15) is 0 Å². The molecule has 2 aromatic carbocycles. The highest BCUT2D eigenvalue weighted by molar-refractivity contribution is 5.19. The Morgan fingerprint density at radius 3 is 0.955 bits per heavy atom. The average Bonchev–Trinajstić information content (AvgIpc) is 2.55. The number of hydrogen-bond donors (Lipinski definition) is 0. The van der Waals surface area contributed by atoms with Gasteiger partial charge in [-0.05, 0) is 34.8 Å². The third-order valence-corrected chi connectivity index (χ3v) is 4.65. The maximum absolute atomic E-state index is 2.28. The van der Waals surface area contributed by atoms with Gasteiger partial charge in [-0.25, -0.2) is 0 Å². The summed E-state index contributed by atoms with van der Waals surface area (Å²) in [6, 6.07) is 21.3. The molecule has 0 N–H and O–H groups in total. The Labute approximate surface area is 137 Å². The first-order valence-corrected chi connectivity index (χ1v) is 8.53. The molecule has 0 saturated carbocycles. The highest BCUT2D eigenvalue weighted by Gasteiger charge is 2.08. The molecule has 0 saturated heterocycles. The van der Waals surface area contributed by atoms with Crippen LogP contribution in [0.5, 0.6) is 0 Å². The second-order valence-corrected chi connectivity index (χ2v) is 6.89. The summed E-state index contributed by atoms with van der Waals surface area (Å²) in [5, 5.41) is 0. The molecule has 2 aromatic rings. The van der Waals surface area contributed by atoms with Crippen LogP contribution in [0.2, 0.25) is 0 Å². The fraction of sp³-hybridized carbons (Fsp3) is 0.455. The monoisotopic (exact) mass is 296 g/mol. The molecule has 120 valence electrons. The Kier molecular flexibility index (Phi) is 7.95. The van der Waals surface area contributed by atoms with E-state index in [1.165, 1.54) is 11.1 Å². The lowest BCUT2D eigenvalue weighted by atomic mass is 9.91. The zero-order valence-electron chi connectivity index (χ0n) is 15.1. The molecule has 22 heavy (non-hydrogen) atoms. The van der Waals surface area contributed by atoms with Gasteiger partial charge in [-0.3, -0.25) is 0 Å². The van der Waals surface area contributed by atoms with E-state index in [9.17, 15) is 0 Å². The molecule has 2 rings (SSSR count). The minimum absolute atomic E-state index is 0.677. The maximum atomic E-state index is 2.28. The molecular formula is C22H32. The van der Waals surface area contributed by atoms with Crippen molar-refractivity contribution in [3.8, 4) is 0 Å². The summed E-state index contributed by atoms with van der Waals surface area (Å²) in [7, 11) is 0. The SMILES string of the molecule is CC(C)[C@@H](C)c1ccccc1.CC(C)[C@H](C)c1ccccc1. The molecule has 0 radical (unpaired) electrons. The second kappa shape index (κ2) is 9.46. The van der Waals surface area contributed by atoms with Crippen LogP contribution in [0, 0.1) is 11.8 Å². The standard InChI is InChI=1S/2C11H16/c2*1-9(2)10(3)11-7-5-4-6-8-11/h2*4-10H,1-3H3/t2*10-/m10/s1. The first-order valence-electron chi connectivity index (χ1n) is 8.53. The summed E-state index contributed by atoms with van der Waals surface area (Å²) in [5.41, 5.74) is 2.89. The van der Waals surface area contributed by atoms with Crippen molar-refractivity contribution in [2.24, 2.45) is 11.8 Å². The first kappa shape index (κ1) is 18.5. The molecule has 0 spiro atoms. The quantitative estimate of drug-likeness (QED) is 0.576. The largest absolute Gasteiger partial charge is 0.0622 e. The normalized spacial score (nSPS) is 13.5. The Morgan fingerprint density at radius 2 is 0.727 bits per heavy atom. The van der Waals surface area contributed by atoms with Crippen LogP contribution >= 0.6 is 0 Å². The Bertz CT molecular complexity index is 447. The molecule has 0 aliphatic rings. The lowest BCUT2D eigenvalue weighted by molar-refractivity contribution is 0.535. The predicted molar refractivity (Wildman–Crippen MR) is 99.4 cm³/mol. The molecular weight excluding hydrogens is 264 g/mol. The highest BCUT2D eigenvalue weighted by Crippen LogP contribution is 2.23. The summed E-state index contributed by atoms with van der Waals surface area (Å²) < 4.78 is 0. The van der Waals surface area contributed by atoms with E-state index in [0.29, 0.717) is 11.8 Å². The van der Waals surface area contributed by atoms with E-state index in [0.717, 1.165) is 11.8 Å². The molecule has 0 bridgehead atoms. The molecule has 0 aliphatic heterocycles. The minimum Gasteiger partial charge on any atom is -0.0622 e. The van der Waals surface area contributed by atoms with Gasteiger partial charge in [0.05, 0.1) is 0 Å². The van der Waals surface area contributed by atoms with Crippen LogP contribution in [0.15, 0.2) is 60.7 Å². The van der Waals surface area contributed by atoms with Crippen molar-refractivity contribution < 1.29 is 0 Å². The van der Waals surface area contributed by atoms with Gasteiger partial charge in [0.15, 0.2) is 0 Å². The maximum Gasteiger partial charge on any atom is -0.0167 e. The van der Waals surface area contributed by atoms with E-state index >= 15 is 0 Å². The average molecular weight is 296 g/mol. The smallest absolute Gasteiger partial charge is 0.0167 e. The highest BCUT2D eigenvalue weighted by atomic mass is 14.1. The third-order valence-electron chi connectivity index (χ3n) is 4.65. The van der Waals surface area contributed by atoms with Crippen molar-refractivity contribution in [2.45, 2.75) is 53.4 Å². The number of rotatable bonds is 4. The fourth-order valence-electron chi connectivity index (χ4n) is 2.28. The van der Waals surface area contributed by atoms with Crippen molar-refractivity contribution >= 4 is 0 Å². The topological polar surface area (TPSA) is 0 Å². The van der Waals surface area contributed by atoms with Crippen molar-refractivity contribution in [1.29, 1.82) is 0 Å². The van der Waals surface area contributed by atoms with Crippen LogP contribution in [-0.4, -0.2) is 0 Å². The predicted octanol–water partition coefficient (Wildman–Crippen LogP) is 6.89. The lowest BCUT2D eigenvalue weighted by Crippen LogP contribution is -2.00. The first-order chi connectivity index (χ1) is 10.4. The zero-order valence-corrected chi connectivity index (χ0v) is 15.1. The second-order valence-electron chi connectivity index (χ2n) is 6.89. The van der Waals surface area contributed by atoms with E-state index in [2.05, 4.69) is 102 Å². The molecule has 0 aliphatic carbocycles. The summed E-state index contributed by atoms with van der Waals surface area (Å²) in [6.45, 7) is 13.6. The van der Waals surface area contributed by atoms with Crippen molar-refractivity contribution in [3.05, 3.63) is 71.8 Å². The van der Waals surface area contributed by atoms with E-state index in [1.54, 1.807) is 0 Å². The van der Waals surface area contributed by atoms with Crippen molar-refractivity contribution in [3.63, 3.8) is 0 Å². The Hall–Kier alpha value is -1.56. The van der Waals surface area contributed by atoms with Crippen LogP contribution in [0.4, 0.5) is 0 Å². The molecule has 0 heterocycles. The Balaban J connectivity index is 0.000000220. The Morgan fingerprint density at radius 1 is 0.455 bits per heavy atom. The van der Waals surface area contributed by atoms with Gasteiger partial charge < -0.3 is 0 Å². The van der Waals surface area contributed by atoms with Crippen LogP contribution in [0.25, 0.3) is 0 Å². The molecule has 0 aromatic heterocycles. The molecule has 0 amide bonds. The van der Waals surface area contributed by atoms with Crippen LogP contribution in [-0.2, 0) is 0 Å². The van der Waals surface area contributed by atoms with E-state index < -0.39 is 0 Å². The van der Waals surface area contributed by atoms with Gasteiger partial charge in [-0.2, -0.15) is 0 Å². The molecule has 0 fully saturated rings. The summed E-state index contributed by atoms with van der Waals surface area (Å²) in [4.78, 5) is 0. The van der Waals surface area contributed by atoms with Gasteiger partial charge in [0, 0.05) is 0 Å². The number of hydrogen-bond acceptors (Lipinski definition) is 0. The fourth-order valence-corrected chi connectivity index (χ4v) is 2.28. The lowest BCUT2D eigenvalue weighted by Gasteiger charge is -2.15. The molecule has 0 nitrogen and oxygen atoms in total. The van der Waals surface area contributed by atoms with E-state index in [-0.39, 0.29) is 0 Å². The third kappa shape index (κ3) is 6.05. The minimum atomic E-state index is 0.677. The van der Waals surface area contributed by atoms with Gasteiger partial charge in [-0.15, -0.1) is 0 Å². The van der Waals surface area contributed by atoms with Crippen LogP contribution in [0.1, 0.15) is 64.5 Å². The summed E-state index contributed by atoms with van der Waals surface area (Å²) >= 11 is 0. The van der Waals surface area contributed by atoms with Gasteiger partial charge in [0.2, 0.25) is 0 Å². The molecule has 0 heteroatoms. The van der Waals surface area contributed by atoms with E-state index in [1.807, 2.05) is 0 Å². The van der Waals surface area contributed by atoms with Crippen LogP contribution in [0.3, 0.4) is 0 Å². The summed E-state index contributed by atoms with van der Waals surface area (Å²) in [6.07, 6.45) is 0. The van der Waals surface area contributed by atoms with Gasteiger partial charge >= 0.3 is 0 Å². The zero-order chi connectivity index (χ0) is 16.5. The van der Waals surface area contributed by atoms with Crippen molar-refractivity contribution in [2.75, 3.05) is 0 Å². The van der Waals surface area contributed by atoms with Gasteiger partial charge in [-0.1, -0.05) is 102 Å². The molecule has 0 unspecified atom stereocenters. The van der Waals surface area contributed by atoms with Crippen molar-refractivity contribution in [1.82, 2.24) is 0 Å². The van der Waals surface area contributed by atoms with Crippen LogP contribution < -0.4 is 0 Å². The molecule has 2 atom stereocenters.